The van der Waals surface area contributed by atoms with E-state index in [9.17, 15) is 14.4 Å². The van der Waals surface area contributed by atoms with Gasteiger partial charge in [-0.25, -0.2) is 4.90 Å². The highest BCUT2D eigenvalue weighted by Gasteiger charge is 2.44. The van der Waals surface area contributed by atoms with Crippen LogP contribution in [0.15, 0.2) is 24.3 Å². The van der Waals surface area contributed by atoms with E-state index in [0.717, 1.165) is 31.4 Å². The molecule has 2 heterocycles. The molecule has 0 spiro atoms. The number of nitrogens with zero attached hydrogens (tertiary/aromatic N) is 2. The maximum Gasteiger partial charge on any atom is 0.310 e. The first-order valence-corrected chi connectivity index (χ1v) is 9.42. The second-order valence-corrected chi connectivity index (χ2v) is 6.86. The highest BCUT2D eigenvalue weighted by Crippen LogP contribution is 2.31. The summed E-state index contributed by atoms with van der Waals surface area (Å²) in [4.78, 5) is 41.0. The number of hydrogen-bond donors (Lipinski definition) is 0. The number of ether oxygens (including phenoxy) is 1. The zero-order valence-electron chi connectivity index (χ0n) is 15.4. The van der Waals surface area contributed by atoms with Crippen molar-refractivity contribution in [2.24, 2.45) is 5.92 Å². The van der Waals surface area contributed by atoms with Crippen LogP contribution in [0, 0.1) is 5.92 Å². The monoisotopic (exact) mass is 358 g/mol. The average Bonchev–Trinajstić information content (AvgIpc) is 2.96. The van der Waals surface area contributed by atoms with E-state index in [1.165, 1.54) is 4.90 Å². The molecule has 1 aromatic carbocycles. The van der Waals surface area contributed by atoms with E-state index in [-0.39, 0.29) is 30.1 Å². The van der Waals surface area contributed by atoms with Crippen LogP contribution in [0.25, 0.3) is 0 Å². The van der Waals surface area contributed by atoms with Crippen LogP contribution in [-0.4, -0.2) is 48.4 Å². The van der Waals surface area contributed by atoms with Crippen molar-refractivity contribution < 1.29 is 19.1 Å². The Morgan fingerprint density at radius 1 is 1.23 bits per heavy atom. The fourth-order valence-corrected chi connectivity index (χ4v) is 3.92. The van der Waals surface area contributed by atoms with Crippen LogP contribution in [-0.2, 0) is 25.5 Å². The summed E-state index contributed by atoms with van der Waals surface area (Å²) in [5.74, 6) is -0.773. The predicted octanol–water partition coefficient (Wildman–Crippen LogP) is 2.16. The number of carbonyl (C=O) groups is 3. The van der Waals surface area contributed by atoms with Crippen LogP contribution in [0.4, 0.5) is 5.69 Å². The first-order chi connectivity index (χ1) is 12.6. The van der Waals surface area contributed by atoms with Crippen LogP contribution >= 0.6 is 0 Å². The van der Waals surface area contributed by atoms with Crippen LogP contribution in [0.1, 0.15) is 38.7 Å². The third-order valence-electron chi connectivity index (χ3n) is 5.25. The van der Waals surface area contributed by atoms with E-state index in [1.807, 2.05) is 36.1 Å². The molecule has 0 aliphatic carbocycles. The minimum atomic E-state index is -0.482. The molecule has 26 heavy (non-hydrogen) atoms. The second kappa shape index (κ2) is 7.99. The van der Waals surface area contributed by atoms with Gasteiger partial charge in [0, 0.05) is 6.54 Å². The molecule has 2 saturated heterocycles. The molecule has 0 saturated carbocycles. The minimum Gasteiger partial charge on any atom is -0.466 e. The summed E-state index contributed by atoms with van der Waals surface area (Å²) in [6.07, 6.45) is 2.53. The number of rotatable bonds is 5. The molecular formula is C20H26N2O4. The molecule has 2 fully saturated rings. The van der Waals surface area contributed by atoms with Crippen LogP contribution in [0.2, 0.25) is 0 Å². The zero-order chi connectivity index (χ0) is 18.7. The lowest BCUT2D eigenvalue weighted by molar-refractivity contribution is -0.150. The Kier molecular flexibility index (Phi) is 5.71. The van der Waals surface area contributed by atoms with Gasteiger partial charge in [0.15, 0.2) is 0 Å². The molecule has 3 rings (SSSR count). The van der Waals surface area contributed by atoms with Crippen LogP contribution in [0.5, 0.6) is 0 Å². The van der Waals surface area contributed by atoms with Gasteiger partial charge in [0.2, 0.25) is 5.91 Å². The number of aryl methyl sites for hydroxylation is 1. The smallest absolute Gasteiger partial charge is 0.310 e. The number of benzene rings is 1. The van der Waals surface area contributed by atoms with Gasteiger partial charge < -0.3 is 4.74 Å². The summed E-state index contributed by atoms with van der Waals surface area (Å²) in [7, 11) is 0. The number of piperidine rings is 1. The maximum atomic E-state index is 13.0. The Balaban J connectivity index is 1.77. The summed E-state index contributed by atoms with van der Waals surface area (Å²) in [5.41, 5.74) is 1.67. The standard InChI is InChI=1S/C20H26N2O4/c1-3-14-8-5-6-10-16(14)22-18(23)12-17(19(22)24)21-11-7-9-15(13-21)20(25)26-4-2/h5-6,8,10,15,17H,3-4,7,9,11-13H2,1-2H3/t15-,17+/m1/s1. The molecule has 6 nitrogen and oxygen atoms in total. The molecule has 0 radical (unpaired) electrons. The lowest BCUT2D eigenvalue weighted by atomic mass is 9.96. The highest BCUT2D eigenvalue weighted by atomic mass is 16.5. The number of esters is 1. The van der Waals surface area contributed by atoms with Crippen molar-refractivity contribution in [3.63, 3.8) is 0 Å². The van der Waals surface area contributed by atoms with Crippen molar-refractivity contribution in [1.29, 1.82) is 0 Å². The molecule has 0 unspecified atom stereocenters. The van der Waals surface area contributed by atoms with Crippen molar-refractivity contribution in [2.75, 3.05) is 24.6 Å². The highest BCUT2D eigenvalue weighted by molar-refractivity contribution is 6.22. The van der Waals surface area contributed by atoms with Gasteiger partial charge in [-0.2, -0.15) is 0 Å². The SMILES string of the molecule is CCOC(=O)[C@@H]1CCCN([C@H]2CC(=O)N(c3ccccc3CC)C2=O)C1. The summed E-state index contributed by atoms with van der Waals surface area (Å²) in [6.45, 7) is 5.36. The largest absolute Gasteiger partial charge is 0.466 e. The molecule has 0 N–H and O–H groups in total. The number of imide groups is 1. The molecule has 140 valence electrons. The van der Waals surface area contributed by atoms with Crippen molar-refractivity contribution in [2.45, 2.75) is 45.6 Å². The van der Waals surface area contributed by atoms with E-state index >= 15 is 0 Å². The number of likely N-dealkylation sites (tertiary alicyclic amines) is 1. The van der Waals surface area contributed by atoms with E-state index in [4.69, 9.17) is 4.74 Å². The minimum absolute atomic E-state index is 0.167. The number of carbonyl (C=O) groups excluding carboxylic acids is 3. The van der Waals surface area contributed by atoms with Gasteiger partial charge in [-0.05, 0) is 44.4 Å². The summed E-state index contributed by atoms with van der Waals surface area (Å²) in [6, 6.07) is 7.05. The molecule has 0 bridgehead atoms. The van der Waals surface area contributed by atoms with Crippen LogP contribution in [0.3, 0.4) is 0 Å². The lowest BCUT2D eigenvalue weighted by Crippen LogP contribution is -2.48. The maximum absolute atomic E-state index is 13.0. The van der Waals surface area contributed by atoms with Crippen molar-refractivity contribution in [3.05, 3.63) is 29.8 Å². The third-order valence-corrected chi connectivity index (χ3v) is 5.25. The quantitative estimate of drug-likeness (QED) is 0.596. The Morgan fingerprint density at radius 2 is 2.00 bits per heavy atom. The molecular weight excluding hydrogens is 332 g/mol. The topological polar surface area (TPSA) is 66.9 Å². The van der Waals surface area contributed by atoms with Gasteiger partial charge in [0.05, 0.1) is 30.7 Å². The zero-order valence-corrected chi connectivity index (χ0v) is 15.4. The Hall–Kier alpha value is -2.21. The lowest BCUT2D eigenvalue weighted by Gasteiger charge is -2.34. The van der Waals surface area contributed by atoms with Crippen LogP contribution < -0.4 is 4.90 Å². The van der Waals surface area contributed by atoms with Crippen molar-refractivity contribution in [3.8, 4) is 0 Å². The van der Waals surface area contributed by atoms with E-state index in [0.29, 0.717) is 18.8 Å². The number of anilines is 1. The van der Waals surface area contributed by atoms with E-state index in [2.05, 4.69) is 0 Å². The number of para-hydroxylation sites is 1. The van der Waals surface area contributed by atoms with Gasteiger partial charge in [0.25, 0.3) is 5.91 Å². The Morgan fingerprint density at radius 3 is 2.73 bits per heavy atom. The normalized spacial score (nSPS) is 24.2. The van der Waals surface area contributed by atoms with E-state index < -0.39 is 6.04 Å². The molecule has 2 atom stereocenters. The predicted molar refractivity (Wildman–Crippen MR) is 97.6 cm³/mol. The van der Waals surface area contributed by atoms with Gasteiger partial charge >= 0.3 is 5.97 Å². The summed E-state index contributed by atoms with van der Waals surface area (Å²) in [5, 5.41) is 0. The molecule has 6 heteroatoms. The van der Waals surface area contributed by atoms with Gasteiger partial charge in [-0.1, -0.05) is 25.1 Å². The second-order valence-electron chi connectivity index (χ2n) is 6.86. The summed E-state index contributed by atoms with van der Waals surface area (Å²) < 4.78 is 5.13. The Bertz CT molecular complexity index is 703. The first kappa shape index (κ1) is 18.6. The van der Waals surface area contributed by atoms with Gasteiger partial charge in [-0.15, -0.1) is 0 Å². The number of hydrogen-bond acceptors (Lipinski definition) is 5. The summed E-state index contributed by atoms with van der Waals surface area (Å²) >= 11 is 0. The molecule has 2 aliphatic rings. The third kappa shape index (κ3) is 3.51. The van der Waals surface area contributed by atoms with Gasteiger partial charge in [-0.3, -0.25) is 19.3 Å². The molecule has 2 amide bonds. The first-order valence-electron chi connectivity index (χ1n) is 9.42. The van der Waals surface area contributed by atoms with E-state index in [1.54, 1.807) is 6.92 Å². The average molecular weight is 358 g/mol. The Labute approximate surface area is 154 Å². The fraction of sp³-hybridized carbons (Fsp3) is 0.550. The molecule has 2 aliphatic heterocycles. The van der Waals surface area contributed by atoms with Crippen molar-refractivity contribution in [1.82, 2.24) is 4.90 Å². The molecule has 1 aromatic rings. The van der Waals surface area contributed by atoms with Crippen molar-refractivity contribution >= 4 is 23.5 Å². The molecule has 0 aromatic heterocycles. The fourth-order valence-electron chi connectivity index (χ4n) is 3.92. The number of amides is 2. The van der Waals surface area contributed by atoms with Gasteiger partial charge in [0.1, 0.15) is 0 Å².